The summed E-state index contributed by atoms with van der Waals surface area (Å²) in [5.41, 5.74) is 1.99. The van der Waals surface area contributed by atoms with Gasteiger partial charge in [-0.1, -0.05) is 11.6 Å². The van der Waals surface area contributed by atoms with Crippen molar-refractivity contribution in [2.45, 2.75) is 19.3 Å². The Morgan fingerprint density at radius 2 is 2.31 bits per heavy atom. The Hall–Kier alpha value is -1.09. The first-order valence-electron chi connectivity index (χ1n) is 4.09. The van der Waals surface area contributed by atoms with Gasteiger partial charge in [-0.05, 0) is 24.8 Å². The van der Waals surface area contributed by atoms with Crippen LogP contribution >= 0.6 is 11.6 Å². The standard InChI is InChI=1S/C9H8ClNO2/c10-8-5-2-1-3-7(5)11-4-6(8)9(12)13/h4H,1-3H2,(H,12,13). The normalized spacial score (nSPS) is 14.2. The van der Waals surface area contributed by atoms with Crippen LogP contribution in [0.1, 0.15) is 28.0 Å². The lowest BCUT2D eigenvalue weighted by atomic mass is 10.1. The molecule has 1 N–H and O–H groups in total. The van der Waals surface area contributed by atoms with E-state index < -0.39 is 5.97 Å². The number of carboxylic acids is 1. The first-order chi connectivity index (χ1) is 6.20. The molecule has 1 aliphatic rings. The Bertz CT molecular complexity index is 376. The molecule has 4 heteroatoms. The van der Waals surface area contributed by atoms with Crippen molar-refractivity contribution in [3.05, 3.63) is 28.0 Å². The average Bonchev–Trinajstić information content (AvgIpc) is 2.52. The first-order valence-corrected chi connectivity index (χ1v) is 4.47. The Kier molecular flexibility index (Phi) is 1.96. The quantitative estimate of drug-likeness (QED) is 0.749. The SMILES string of the molecule is O=C(O)c1cnc2c(c1Cl)CCC2. The van der Waals surface area contributed by atoms with E-state index >= 15 is 0 Å². The molecule has 0 bridgehead atoms. The van der Waals surface area contributed by atoms with Crippen molar-refractivity contribution in [2.24, 2.45) is 0 Å². The highest BCUT2D eigenvalue weighted by molar-refractivity contribution is 6.34. The van der Waals surface area contributed by atoms with Crippen molar-refractivity contribution in [3.8, 4) is 0 Å². The predicted molar refractivity (Wildman–Crippen MR) is 48.2 cm³/mol. The third-order valence-corrected chi connectivity index (χ3v) is 2.70. The molecule has 1 heterocycles. The van der Waals surface area contributed by atoms with Crippen LogP contribution in [0.3, 0.4) is 0 Å². The van der Waals surface area contributed by atoms with E-state index in [0.29, 0.717) is 5.02 Å². The van der Waals surface area contributed by atoms with Crippen LogP contribution in [0.15, 0.2) is 6.20 Å². The second kappa shape index (κ2) is 3.00. The lowest BCUT2D eigenvalue weighted by Crippen LogP contribution is -2.02. The highest BCUT2D eigenvalue weighted by Crippen LogP contribution is 2.29. The van der Waals surface area contributed by atoms with Gasteiger partial charge in [-0.3, -0.25) is 4.98 Å². The van der Waals surface area contributed by atoms with E-state index in [1.165, 1.54) is 6.20 Å². The zero-order chi connectivity index (χ0) is 9.42. The van der Waals surface area contributed by atoms with Gasteiger partial charge in [-0.15, -0.1) is 0 Å². The van der Waals surface area contributed by atoms with E-state index in [9.17, 15) is 4.79 Å². The van der Waals surface area contributed by atoms with Crippen LogP contribution < -0.4 is 0 Å². The van der Waals surface area contributed by atoms with Crippen molar-refractivity contribution in [1.82, 2.24) is 4.98 Å². The summed E-state index contributed by atoms with van der Waals surface area (Å²) in [6.07, 6.45) is 4.12. The van der Waals surface area contributed by atoms with Gasteiger partial charge in [0.25, 0.3) is 0 Å². The van der Waals surface area contributed by atoms with Crippen LogP contribution in [-0.2, 0) is 12.8 Å². The molecule has 1 aromatic heterocycles. The van der Waals surface area contributed by atoms with E-state index in [1.807, 2.05) is 0 Å². The van der Waals surface area contributed by atoms with Crippen molar-refractivity contribution < 1.29 is 9.90 Å². The Balaban J connectivity index is 2.59. The fourth-order valence-electron chi connectivity index (χ4n) is 1.62. The molecule has 0 amide bonds. The summed E-state index contributed by atoms with van der Waals surface area (Å²) in [6, 6.07) is 0. The van der Waals surface area contributed by atoms with E-state index in [1.54, 1.807) is 0 Å². The second-order valence-corrected chi connectivity index (χ2v) is 3.45. The molecule has 13 heavy (non-hydrogen) atoms. The topological polar surface area (TPSA) is 50.2 Å². The van der Waals surface area contributed by atoms with Gasteiger partial charge in [-0.25, -0.2) is 4.79 Å². The number of aromatic nitrogens is 1. The summed E-state index contributed by atoms with van der Waals surface area (Å²) in [4.78, 5) is 14.8. The van der Waals surface area contributed by atoms with Crippen LogP contribution in [0, 0.1) is 0 Å². The number of aromatic carboxylic acids is 1. The summed E-state index contributed by atoms with van der Waals surface area (Å²) in [6.45, 7) is 0. The summed E-state index contributed by atoms with van der Waals surface area (Å²) in [5, 5.41) is 9.14. The molecule has 0 unspecified atom stereocenters. The maximum absolute atomic E-state index is 10.7. The summed E-state index contributed by atoms with van der Waals surface area (Å²) in [5.74, 6) is -1.01. The second-order valence-electron chi connectivity index (χ2n) is 3.07. The highest BCUT2D eigenvalue weighted by Gasteiger charge is 2.20. The number of hydrogen-bond acceptors (Lipinski definition) is 2. The smallest absolute Gasteiger partial charge is 0.338 e. The van der Waals surface area contributed by atoms with E-state index in [-0.39, 0.29) is 5.56 Å². The maximum atomic E-state index is 10.7. The van der Waals surface area contributed by atoms with Gasteiger partial charge >= 0.3 is 5.97 Å². The predicted octanol–water partition coefficient (Wildman–Crippen LogP) is 1.92. The van der Waals surface area contributed by atoms with E-state index in [2.05, 4.69) is 4.98 Å². The van der Waals surface area contributed by atoms with Gasteiger partial charge in [-0.2, -0.15) is 0 Å². The minimum atomic E-state index is -1.01. The minimum absolute atomic E-state index is 0.113. The number of hydrogen-bond donors (Lipinski definition) is 1. The molecule has 0 atom stereocenters. The van der Waals surface area contributed by atoms with Crippen LogP contribution in [0.5, 0.6) is 0 Å². The van der Waals surface area contributed by atoms with Gasteiger partial charge in [0.05, 0.1) is 10.6 Å². The average molecular weight is 198 g/mol. The first kappa shape index (κ1) is 8.51. The van der Waals surface area contributed by atoms with Crippen LogP contribution in [0.4, 0.5) is 0 Å². The molecule has 68 valence electrons. The zero-order valence-electron chi connectivity index (χ0n) is 6.88. The molecule has 1 aliphatic carbocycles. The van der Waals surface area contributed by atoms with Crippen molar-refractivity contribution in [2.75, 3.05) is 0 Å². The fourth-order valence-corrected chi connectivity index (χ4v) is 1.95. The number of fused-ring (bicyclic) bond motifs is 1. The molecule has 0 fully saturated rings. The van der Waals surface area contributed by atoms with Gasteiger partial charge in [0.1, 0.15) is 0 Å². The summed E-state index contributed by atoms with van der Waals surface area (Å²) >= 11 is 5.93. The fraction of sp³-hybridized carbons (Fsp3) is 0.333. The number of halogens is 1. The number of carbonyl (C=O) groups is 1. The molecule has 1 aromatic rings. The van der Waals surface area contributed by atoms with Crippen molar-refractivity contribution >= 4 is 17.6 Å². The molecule has 0 aliphatic heterocycles. The molecule has 2 rings (SSSR count). The molecule has 0 saturated heterocycles. The minimum Gasteiger partial charge on any atom is -0.478 e. The zero-order valence-corrected chi connectivity index (χ0v) is 7.64. The molecular weight excluding hydrogens is 190 g/mol. The summed E-state index contributed by atoms with van der Waals surface area (Å²) < 4.78 is 0. The molecule has 0 spiro atoms. The third kappa shape index (κ3) is 1.29. The van der Waals surface area contributed by atoms with Gasteiger partial charge in [0, 0.05) is 11.9 Å². The largest absolute Gasteiger partial charge is 0.478 e. The van der Waals surface area contributed by atoms with Gasteiger partial charge in [0.2, 0.25) is 0 Å². The molecule has 3 nitrogen and oxygen atoms in total. The molecule has 0 aromatic carbocycles. The van der Waals surface area contributed by atoms with E-state index in [4.69, 9.17) is 16.7 Å². The molecule has 0 radical (unpaired) electrons. The Morgan fingerprint density at radius 3 is 3.00 bits per heavy atom. The Morgan fingerprint density at radius 1 is 1.54 bits per heavy atom. The van der Waals surface area contributed by atoms with Crippen LogP contribution in [0.2, 0.25) is 5.02 Å². The van der Waals surface area contributed by atoms with E-state index in [0.717, 1.165) is 30.5 Å². The van der Waals surface area contributed by atoms with Crippen molar-refractivity contribution in [1.29, 1.82) is 0 Å². The monoisotopic (exact) mass is 197 g/mol. The Labute approximate surface area is 80.4 Å². The van der Waals surface area contributed by atoms with Gasteiger partial charge < -0.3 is 5.11 Å². The lowest BCUT2D eigenvalue weighted by molar-refractivity contribution is 0.0696. The number of carboxylic acid groups (broad SMARTS) is 1. The third-order valence-electron chi connectivity index (χ3n) is 2.27. The molecule has 0 saturated carbocycles. The number of nitrogens with zero attached hydrogens (tertiary/aromatic N) is 1. The lowest BCUT2D eigenvalue weighted by Gasteiger charge is -2.03. The number of aryl methyl sites for hydroxylation is 1. The highest BCUT2D eigenvalue weighted by atomic mass is 35.5. The van der Waals surface area contributed by atoms with Crippen LogP contribution in [-0.4, -0.2) is 16.1 Å². The number of rotatable bonds is 1. The summed E-state index contributed by atoms with van der Waals surface area (Å²) in [7, 11) is 0. The number of pyridine rings is 1. The van der Waals surface area contributed by atoms with Gasteiger partial charge in [0.15, 0.2) is 0 Å². The maximum Gasteiger partial charge on any atom is 0.338 e. The van der Waals surface area contributed by atoms with Crippen LogP contribution in [0.25, 0.3) is 0 Å². The molecular formula is C9H8ClNO2. The van der Waals surface area contributed by atoms with Crippen molar-refractivity contribution in [3.63, 3.8) is 0 Å².